The van der Waals surface area contributed by atoms with Crippen LogP contribution in [-0.2, 0) is 14.3 Å². The molecular formula is C14H24O5. The van der Waals surface area contributed by atoms with Gasteiger partial charge in [-0.05, 0) is 25.8 Å². The van der Waals surface area contributed by atoms with Gasteiger partial charge in [-0.25, -0.2) is 4.79 Å². The lowest BCUT2D eigenvalue weighted by atomic mass is 9.92. The average Bonchev–Trinajstić information content (AvgIpc) is 2.40. The van der Waals surface area contributed by atoms with Crippen LogP contribution in [0.15, 0.2) is 11.6 Å². The lowest BCUT2D eigenvalue weighted by Crippen LogP contribution is -2.44. The highest BCUT2D eigenvalue weighted by molar-refractivity contribution is 5.88. The number of ether oxygens (including phenoxy) is 2. The fraction of sp³-hybridized carbons (Fsp3) is 0.786. The van der Waals surface area contributed by atoms with Gasteiger partial charge < -0.3 is 19.7 Å². The average molecular weight is 272 g/mol. The molecule has 110 valence electrons. The first-order chi connectivity index (χ1) is 9.03. The van der Waals surface area contributed by atoms with Crippen LogP contribution in [0.2, 0.25) is 0 Å². The minimum absolute atomic E-state index is 0.00430. The van der Waals surface area contributed by atoms with E-state index in [0.717, 1.165) is 12.8 Å². The van der Waals surface area contributed by atoms with Crippen LogP contribution in [0.4, 0.5) is 0 Å². The Morgan fingerprint density at radius 3 is 2.53 bits per heavy atom. The van der Waals surface area contributed by atoms with Crippen molar-refractivity contribution in [3.8, 4) is 0 Å². The monoisotopic (exact) mass is 272 g/mol. The number of esters is 1. The standard InChI is InChI=1S/C14H24O5/c1-4-10(5-2)19-12-8-9(14(17)18-6-3)7-11(15)13(12)16/h8,10-13,15-16H,4-7H2,1-3H3/t11-,12+,13-/m0/s1. The number of carbonyl (C=O) groups is 1. The van der Waals surface area contributed by atoms with Gasteiger partial charge >= 0.3 is 5.97 Å². The minimum atomic E-state index is -1.00. The van der Waals surface area contributed by atoms with Crippen molar-refractivity contribution in [2.75, 3.05) is 6.61 Å². The molecule has 19 heavy (non-hydrogen) atoms. The molecule has 1 rings (SSSR count). The maximum absolute atomic E-state index is 11.7. The van der Waals surface area contributed by atoms with E-state index in [1.807, 2.05) is 13.8 Å². The van der Waals surface area contributed by atoms with Crippen LogP contribution < -0.4 is 0 Å². The molecule has 3 atom stereocenters. The Labute approximate surface area is 114 Å². The first-order valence-corrected chi connectivity index (χ1v) is 6.92. The van der Waals surface area contributed by atoms with Gasteiger partial charge in [0.1, 0.15) is 12.2 Å². The summed E-state index contributed by atoms with van der Waals surface area (Å²) in [6, 6.07) is 0. The smallest absolute Gasteiger partial charge is 0.333 e. The molecule has 0 aromatic rings. The van der Waals surface area contributed by atoms with Crippen molar-refractivity contribution in [1.29, 1.82) is 0 Å². The van der Waals surface area contributed by atoms with E-state index in [0.29, 0.717) is 5.57 Å². The summed E-state index contributed by atoms with van der Waals surface area (Å²) < 4.78 is 10.7. The van der Waals surface area contributed by atoms with Gasteiger partial charge in [-0.2, -0.15) is 0 Å². The summed E-state index contributed by atoms with van der Waals surface area (Å²) in [5.74, 6) is -0.452. The summed E-state index contributed by atoms with van der Waals surface area (Å²) in [6.45, 7) is 6.00. The first kappa shape index (κ1) is 16.1. The maximum atomic E-state index is 11.7. The van der Waals surface area contributed by atoms with Gasteiger partial charge in [-0.1, -0.05) is 13.8 Å². The SMILES string of the molecule is CCOC(=O)C1=C[C@@H](OC(CC)CC)[C@@H](O)[C@@H](O)C1. The molecule has 5 nitrogen and oxygen atoms in total. The molecule has 2 N–H and O–H groups in total. The van der Waals surface area contributed by atoms with Gasteiger partial charge in [0, 0.05) is 12.0 Å². The van der Waals surface area contributed by atoms with Crippen molar-refractivity contribution < 1.29 is 24.5 Å². The summed E-state index contributed by atoms with van der Waals surface area (Å²) >= 11 is 0. The molecule has 0 bridgehead atoms. The minimum Gasteiger partial charge on any atom is -0.463 e. The van der Waals surface area contributed by atoms with Crippen molar-refractivity contribution in [1.82, 2.24) is 0 Å². The van der Waals surface area contributed by atoms with Crippen LogP contribution in [0.1, 0.15) is 40.0 Å². The van der Waals surface area contributed by atoms with Crippen LogP contribution >= 0.6 is 0 Å². The Balaban J connectivity index is 2.81. The van der Waals surface area contributed by atoms with E-state index < -0.39 is 24.3 Å². The van der Waals surface area contributed by atoms with Crippen LogP contribution in [-0.4, -0.2) is 47.2 Å². The molecule has 0 heterocycles. The van der Waals surface area contributed by atoms with Crippen molar-refractivity contribution in [2.24, 2.45) is 0 Å². The maximum Gasteiger partial charge on any atom is 0.333 e. The number of hydrogen-bond acceptors (Lipinski definition) is 5. The number of hydrogen-bond donors (Lipinski definition) is 2. The van der Waals surface area contributed by atoms with Crippen LogP contribution in [0.3, 0.4) is 0 Å². The molecule has 1 aliphatic carbocycles. The Morgan fingerprint density at radius 1 is 1.37 bits per heavy atom. The Bertz CT molecular complexity index is 322. The Morgan fingerprint density at radius 2 is 2.00 bits per heavy atom. The van der Waals surface area contributed by atoms with Crippen LogP contribution in [0, 0.1) is 0 Å². The fourth-order valence-electron chi connectivity index (χ4n) is 2.13. The van der Waals surface area contributed by atoms with Crippen LogP contribution in [0.25, 0.3) is 0 Å². The zero-order chi connectivity index (χ0) is 14.4. The summed E-state index contributed by atoms with van der Waals surface area (Å²) in [5.41, 5.74) is 0.371. The lowest BCUT2D eigenvalue weighted by molar-refractivity contribution is -0.141. The van der Waals surface area contributed by atoms with Gasteiger partial charge in [-0.3, -0.25) is 0 Å². The predicted molar refractivity (Wildman–Crippen MR) is 70.6 cm³/mol. The summed E-state index contributed by atoms with van der Waals surface area (Å²) in [6.07, 6.45) is 0.660. The van der Waals surface area contributed by atoms with Crippen molar-refractivity contribution in [3.05, 3.63) is 11.6 Å². The second-order valence-electron chi connectivity index (χ2n) is 4.71. The van der Waals surface area contributed by atoms with E-state index in [1.165, 1.54) is 0 Å². The molecule has 0 aliphatic heterocycles. The molecule has 1 aliphatic rings. The Hall–Kier alpha value is -0.910. The molecule has 0 saturated heterocycles. The van der Waals surface area contributed by atoms with Crippen molar-refractivity contribution in [3.63, 3.8) is 0 Å². The molecule has 0 fully saturated rings. The normalized spacial score (nSPS) is 27.3. The quantitative estimate of drug-likeness (QED) is 0.710. The molecular weight excluding hydrogens is 248 g/mol. The number of rotatable bonds is 6. The summed E-state index contributed by atoms with van der Waals surface area (Å²) in [4.78, 5) is 11.7. The predicted octanol–water partition coefficient (Wildman–Crippen LogP) is 1.18. The zero-order valence-corrected chi connectivity index (χ0v) is 11.8. The first-order valence-electron chi connectivity index (χ1n) is 6.92. The largest absolute Gasteiger partial charge is 0.463 e. The molecule has 0 saturated carbocycles. The fourth-order valence-corrected chi connectivity index (χ4v) is 2.13. The summed E-state index contributed by atoms with van der Waals surface area (Å²) in [7, 11) is 0. The number of aliphatic hydroxyl groups excluding tert-OH is 2. The van der Waals surface area contributed by atoms with E-state index in [9.17, 15) is 15.0 Å². The summed E-state index contributed by atoms with van der Waals surface area (Å²) in [5, 5.41) is 19.8. The number of aliphatic hydroxyl groups is 2. The Kier molecular flexibility index (Phi) is 6.48. The topological polar surface area (TPSA) is 76.0 Å². The van der Waals surface area contributed by atoms with Crippen molar-refractivity contribution in [2.45, 2.75) is 64.4 Å². The third-order valence-corrected chi connectivity index (χ3v) is 3.32. The highest BCUT2D eigenvalue weighted by atomic mass is 16.5. The van der Waals surface area contributed by atoms with E-state index in [-0.39, 0.29) is 19.1 Å². The highest BCUT2D eigenvalue weighted by Gasteiger charge is 2.34. The van der Waals surface area contributed by atoms with Gasteiger partial charge in [0.15, 0.2) is 0 Å². The third kappa shape index (κ3) is 4.30. The molecule has 0 radical (unpaired) electrons. The molecule has 0 unspecified atom stereocenters. The lowest BCUT2D eigenvalue weighted by Gasteiger charge is -2.32. The van der Waals surface area contributed by atoms with Gasteiger partial charge in [0.2, 0.25) is 0 Å². The second kappa shape index (κ2) is 7.62. The van der Waals surface area contributed by atoms with Crippen molar-refractivity contribution >= 4 is 5.97 Å². The van der Waals surface area contributed by atoms with E-state index >= 15 is 0 Å². The molecule has 0 amide bonds. The number of carbonyl (C=O) groups excluding carboxylic acids is 1. The molecule has 0 aromatic carbocycles. The molecule has 0 aromatic heterocycles. The van der Waals surface area contributed by atoms with Gasteiger partial charge in [0.05, 0.1) is 18.8 Å². The highest BCUT2D eigenvalue weighted by Crippen LogP contribution is 2.24. The zero-order valence-electron chi connectivity index (χ0n) is 11.8. The second-order valence-corrected chi connectivity index (χ2v) is 4.71. The molecule has 5 heteroatoms. The van der Waals surface area contributed by atoms with E-state index in [4.69, 9.17) is 9.47 Å². The van der Waals surface area contributed by atoms with Gasteiger partial charge in [0.25, 0.3) is 0 Å². The molecule has 0 spiro atoms. The van der Waals surface area contributed by atoms with E-state index in [1.54, 1.807) is 13.0 Å². The van der Waals surface area contributed by atoms with E-state index in [2.05, 4.69) is 0 Å². The third-order valence-electron chi connectivity index (χ3n) is 3.32. The van der Waals surface area contributed by atoms with Crippen LogP contribution in [0.5, 0.6) is 0 Å². The van der Waals surface area contributed by atoms with Gasteiger partial charge in [-0.15, -0.1) is 0 Å².